The van der Waals surface area contributed by atoms with Crippen LogP contribution in [0.3, 0.4) is 0 Å². The molecule has 0 radical (unpaired) electrons. The Morgan fingerprint density at radius 1 is 1.21 bits per heavy atom. The summed E-state index contributed by atoms with van der Waals surface area (Å²) >= 11 is 1.63. The number of fused-ring (bicyclic) bond motifs is 3. The highest BCUT2D eigenvalue weighted by Gasteiger charge is 2.19. The number of nitrogens with zero attached hydrogens (tertiary/aromatic N) is 1. The molecule has 0 spiro atoms. The van der Waals surface area contributed by atoms with Gasteiger partial charge in [-0.05, 0) is 43.4 Å². The number of rotatable bonds is 4. The Kier molecular flexibility index (Phi) is 5.54. The van der Waals surface area contributed by atoms with Gasteiger partial charge in [0.1, 0.15) is 10.7 Å². The summed E-state index contributed by atoms with van der Waals surface area (Å²) < 4.78 is 0. The number of aromatic amines is 1. The van der Waals surface area contributed by atoms with Gasteiger partial charge in [-0.3, -0.25) is 9.59 Å². The third-order valence-electron chi connectivity index (χ3n) is 4.84. The predicted octanol–water partition coefficient (Wildman–Crippen LogP) is 2.96. The van der Waals surface area contributed by atoms with Gasteiger partial charge in [-0.1, -0.05) is 30.0 Å². The normalized spacial score (nSPS) is 12.9. The number of hydrogen-bond donors (Lipinski definition) is 2. The Labute approximate surface area is 167 Å². The van der Waals surface area contributed by atoms with Gasteiger partial charge in [-0.2, -0.15) is 0 Å². The van der Waals surface area contributed by atoms with Gasteiger partial charge >= 0.3 is 0 Å². The van der Waals surface area contributed by atoms with Crippen molar-refractivity contribution in [3.05, 3.63) is 62.5 Å². The van der Waals surface area contributed by atoms with Gasteiger partial charge in [-0.25, -0.2) is 4.98 Å². The second-order valence-electron chi connectivity index (χ2n) is 6.85. The molecule has 1 aromatic carbocycles. The molecule has 6 heteroatoms. The summed E-state index contributed by atoms with van der Waals surface area (Å²) in [6, 6.07) is 9.65. The molecule has 2 N–H and O–H groups in total. The molecule has 0 aliphatic heterocycles. The highest BCUT2D eigenvalue weighted by Crippen LogP contribution is 2.33. The second kappa shape index (κ2) is 8.41. The van der Waals surface area contributed by atoms with Crippen LogP contribution in [0.15, 0.2) is 35.1 Å². The first-order valence-corrected chi connectivity index (χ1v) is 10.4. The molecule has 142 valence electrons. The van der Waals surface area contributed by atoms with Crippen LogP contribution in [0, 0.1) is 11.8 Å². The molecule has 1 amide bonds. The monoisotopic (exact) mass is 391 g/mol. The van der Waals surface area contributed by atoms with Crippen molar-refractivity contribution in [2.75, 3.05) is 6.54 Å². The summed E-state index contributed by atoms with van der Waals surface area (Å²) in [5.74, 6) is 6.41. The van der Waals surface area contributed by atoms with Gasteiger partial charge in [-0.15, -0.1) is 11.3 Å². The average Bonchev–Trinajstić information content (AvgIpc) is 3.09. The quantitative estimate of drug-likeness (QED) is 0.672. The lowest BCUT2D eigenvalue weighted by molar-refractivity contribution is -0.120. The van der Waals surface area contributed by atoms with Gasteiger partial charge in [0.25, 0.3) is 5.56 Å². The van der Waals surface area contributed by atoms with E-state index in [4.69, 9.17) is 0 Å². The van der Waals surface area contributed by atoms with Gasteiger partial charge < -0.3 is 10.3 Å². The molecule has 0 saturated heterocycles. The Bertz CT molecular complexity index is 1120. The number of aryl methyl sites for hydroxylation is 3. The largest absolute Gasteiger partial charge is 0.345 e. The van der Waals surface area contributed by atoms with Crippen LogP contribution in [0.5, 0.6) is 0 Å². The minimum Gasteiger partial charge on any atom is -0.345 e. The number of aromatic nitrogens is 2. The number of benzene rings is 1. The summed E-state index contributed by atoms with van der Waals surface area (Å²) in [5, 5.41) is 3.54. The van der Waals surface area contributed by atoms with Crippen LogP contribution in [-0.4, -0.2) is 22.4 Å². The maximum Gasteiger partial charge on any atom is 0.259 e. The van der Waals surface area contributed by atoms with Crippen molar-refractivity contribution in [3.63, 3.8) is 0 Å². The van der Waals surface area contributed by atoms with Crippen LogP contribution < -0.4 is 10.9 Å². The second-order valence-corrected chi connectivity index (χ2v) is 7.93. The molecule has 2 aromatic heterocycles. The minimum atomic E-state index is -0.101. The van der Waals surface area contributed by atoms with E-state index in [2.05, 4.69) is 27.1 Å². The van der Waals surface area contributed by atoms with Crippen molar-refractivity contribution in [1.29, 1.82) is 0 Å². The van der Waals surface area contributed by atoms with Crippen LogP contribution in [0.4, 0.5) is 0 Å². The van der Waals surface area contributed by atoms with Crippen LogP contribution in [0.1, 0.15) is 41.1 Å². The molecule has 0 saturated carbocycles. The number of carbonyl (C=O) groups excluding carboxylic acids is 1. The third-order valence-corrected chi connectivity index (χ3v) is 6.03. The Morgan fingerprint density at radius 3 is 2.89 bits per heavy atom. The van der Waals surface area contributed by atoms with E-state index in [0.717, 1.165) is 35.0 Å². The molecule has 0 atom stereocenters. The molecule has 1 aliphatic carbocycles. The number of hydrogen-bond acceptors (Lipinski definition) is 4. The highest BCUT2D eigenvalue weighted by atomic mass is 32.1. The van der Waals surface area contributed by atoms with E-state index in [1.165, 1.54) is 16.9 Å². The molecule has 5 nitrogen and oxygen atoms in total. The fourth-order valence-electron chi connectivity index (χ4n) is 3.46. The Hall–Kier alpha value is -2.91. The van der Waals surface area contributed by atoms with Crippen LogP contribution >= 0.6 is 11.3 Å². The Morgan fingerprint density at radius 2 is 2.04 bits per heavy atom. The average molecular weight is 391 g/mol. The molecule has 0 bridgehead atoms. The number of nitrogens with one attached hydrogen (secondary N) is 2. The van der Waals surface area contributed by atoms with Crippen LogP contribution in [0.2, 0.25) is 0 Å². The lowest BCUT2D eigenvalue weighted by Crippen LogP contribution is -2.24. The summed E-state index contributed by atoms with van der Waals surface area (Å²) in [7, 11) is 0. The van der Waals surface area contributed by atoms with Crippen molar-refractivity contribution in [2.45, 2.75) is 38.5 Å². The van der Waals surface area contributed by atoms with E-state index in [9.17, 15) is 9.59 Å². The van der Waals surface area contributed by atoms with E-state index in [1.54, 1.807) is 11.3 Å². The first-order chi connectivity index (χ1) is 13.7. The molecule has 0 unspecified atom stereocenters. The first-order valence-electron chi connectivity index (χ1n) is 9.55. The zero-order valence-electron chi connectivity index (χ0n) is 15.5. The van der Waals surface area contributed by atoms with Crippen LogP contribution in [0.25, 0.3) is 10.2 Å². The molecule has 28 heavy (non-hydrogen) atoms. The summed E-state index contributed by atoms with van der Waals surface area (Å²) in [5.41, 5.74) is 2.03. The van der Waals surface area contributed by atoms with E-state index in [1.807, 2.05) is 30.3 Å². The first kappa shape index (κ1) is 18.5. The SMILES string of the molecule is O=C(CCc1nc2sc3c(c2c(=O)[nH]1)CCCC3)NCC#Cc1ccccc1. The van der Waals surface area contributed by atoms with Gasteiger partial charge in [0, 0.05) is 23.3 Å². The molecular weight excluding hydrogens is 370 g/mol. The van der Waals surface area contributed by atoms with Crippen molar-refractivity contribution in [3.8, 4) is 11.8 Å². The van der Waals surface area contributed by atoms with Crippen molar-refractivity contribution in [1.82, 2.24) is 15.3 Å². The van der Waals surface area contributed by atoms with Crippen molar-refractivity contribution < 1.29 is 4.79 Å². The number of amides is 1. The zero-order chi connectivity index (χ0) is 19.3. The highest BCUT2D eigenvalue weighted by molar-refractivity contribution is 7.18. The predicted molar refractivity (Wildman–Crippen MR) is 112 cm³/mol. The maximum absolute atomic E-state index is 12.5. The molecular formula is C22H21N3O2S. The van der Waals surface area contributed by atoms with E-state index in [0.29, 0.717) is 18.8 Å². The van der Waals surface area contributed by atoms with E-state index >= 15 is 0 Å². The van der Waals surface area contributed by atoms with E-state index < -0.39 is 0 Å². The van der Waals surface area contributed by atoms with Gasteiger partial charge in [0.05, 0.1) is 11.9 Å². The Balaban J connectivity index is 1.36. The maximum atomic E-state index is 12.5. The van der Waals surface area contributed by atoms with E-state index in [-0.39, 0.29) is 17.9 Å². The summed E-state index contributed by atoms with van der Waals surface area (Å²) in [4.78, 5) is 34.1. The fourth-order valence-corrected chi connectivity index (χ4v) is 4.74. The van der Waals surface area contributed by atoms with Crippen molar-refractivity contribution in [2.24, 2.45) is 0 Å². The van der Waals surface area contributed by atoms with Crippen LogP contribution in [-0.2, 0) is 24.1 Å². The fraction of sp³-hybridized carbons (Fsp3) is 0.318. The molecule has 1 aliphatic rings. The zero-order valence-corrected chi connectivity index (χ0v) is 16.3. The van der Waals surface area contributed by atoms with Gasteiger partial charge in [0.2, 0.25) is 5.91 Å². The minimum absolute atomic E-state index is 0.0754. The third kappa shape index (κ3) is 4.15. The lowest BCUT2D eigenvalue weighted by Gasteiger charge is -2.09. The summed E-state index contributed by atoms with van der Waals surface area (Å²) in [6.07, 6.45) is 4.99. The summed E-state index contributed by atoms with van der Waals surface area (Å²) in [6.45, 7) is 0.300. The topological polar surface area (TPSA) is 74.8 Å². The van der Waals surface area contributed by atoms with Gasteiger partial charge in [0.15, 0.2) is 0 Å². The lowest BCUT2D eigenvalue weighted by atomic mass is 9.97. The molecule has 0 fully saturated rings. The number of thiophene rings is 1. The molecule has 2 heterocycles. The molecule has 4 rings (SSSR count). The standard InChI is InChI=1S/C22H21N3O2S/c26-19(23-14-6-9-15-7-2-1-3-8-15)13-12-18-24-21(27)20-16-10-4-5-11-17(16)28-22(20)25-18/h1-3,7-8H,4-5,10-14H2,(H,23,26)(H,24,25,27). The smallest absolute Gasteiger partial charge is 0.259 e. The number of carbonyl (C=O) groups is 1. The molecule has 3 aromatic rings. The van der Waals surface area contributed by atoms with Crippen molar-refractivity contribution >= 4 is 27.5 Å². The number of H-pyrrole nitrogens is 1.